The molecule has 0 aromatic carbocycles. The Kier molecular flexibility index (Phi) is 5.93. The number of nitrogens with zero attached hydrogens (tertiary/aromatic N) is 2. The van der Waals surface area contributed by atoms with Crippen molar-refractivity contribution in [3.05, 3.63) is 42.9 Å². The van der Waals surface area contributed by atoms with Gasteiger partial charge in [0.1, 0.15) is 0 Å². The third-order valence-corrected chi connectivity index (χ3v) is 2.86. The van der Waals surface area contributed by atoms with Crippen molar-refractivity contribution in [1.82, 2.24) is 10.3 Å². The molecule has 0 saturated heterocycles. The van der Waals surface area contributed by atoms with E-state index in [-0.39, 0.29) is 0 Å². The Bertz CT molecular complexity index is 424. The lowest BCUT2D eigenvalue weighted by atomic mass is 10.2. The van der Waals surface area contributed by atoms with E-state index in [0.717, 1.165) is 17.9 Å². The van der Waals surface area contributed by atoms with E-state index >= 15 is 0 Å². The highest BCUT2D eigenvalue weighted by molar-refractivity contribution is 5.47. The zero-order valence-electron chi connectivity index (χ0n) is 12.2. The molecule has 0 spiro atoms. The van der Waals surface area contributed by atoms with Crippen LogP contribution in [0.2, 0.25) is 0 Å². The Balaban J connectivity index is 2.90. The highest BCUT2D eigenvalue weighted by Crippen LogP contribution is 2.19. The Morgan fingerprint density at radius 3 is 2.68 bits per heavy atom. The van der Waals surface area contributed by atoms with Crippen molar-refractivity contribution in [2.75, 3.05) is 18.6 Å². The van der Waals surface area contributed by atoms with E-state index in [2.05, 4.69) is 35.6 Å². The topological polar surface area (TPSA) is 37.4 Å². The second kappa shape index (κ2) is 7.46. The number of pyridine rings is 1. The SMILES string of the molecule is C=CN/C(=C\C)CN(c1ccc(OC)nc1)C(C)C. The minimum Gasteiger partial charge on any atom is -0.481 e. The van der Waals surface area contributed by atoms with Crippen LogP contribution in [-0.4, -0.2) is 24.7 Å². The highest BCUT2D eigenvalue weighted by atomic mass is 16.5. The number of anilines is 1. The fraction of sp³-hybridized carbons (Fsp3) is 0.400. The summed E-state index contributed by atoms with van der Waals surface area (Å²) >= 11 is 0. The van der Waals surface area contributed by atoms with E-state index in [9.17, 15) is 0 Å². The molecule has 1 N–H and O–H groups in total. The third kappa shape index (κ3) is 4.32. The Morgan fingerprint density at radius 2 is 2.26 bits per heavy atom. The molecule has 0 bridgehead atoms. The predicted molar refractivity (Wildman–Crippen MR) is 80.4 cm³/mol. The third-order valence-electron chi connectivity index (χ3n) is 2.86. The van der Waals surface area contributed by atoms with Crippen LogP contribution in [0.25, 0.3) is 0 Å². The molecule has 0 aliphatic rings. The molecular weight excluding hydrogens is 238 g/mol. The van der Waals surface area contributed by atoms with Crippen LogP contribution in [-0.2, 0) is 0 Å². The number of nitrogens with one attached hydrogen (secondary N) is 1. The molecule has 0 amide bonds. The largest absolute Gasteiger partial charge is 0.481 e. The van der Waals surface area contributed by atoms with Crippen LogP contribution >= 0.6 is 0 Å². The van der Waals surface area contributed by atoms with E-state index in [0.29, 0.717) is 11.9 Å². The molecular formula is C15H23N3O. The zero-order valence-corrected chi connectivity index (χ0v) is 12.2. The molecule has 1 heterocycles. The van der Waals surface area contributed by atoms with Gasteiger partial charge in [-0.1, -0.05) is 12.7 Å². The molecule has 0 radical (unpaired) electrons. The minimum absolute atomic E-state index is 0.372. The van der Waals surface area contributed by atoms with Crippen molar-refractivity contribution in [3.63, 3.8) is 0 Å². The zero-order chi connectivity index (χ0) is 14.3. The average Bonchev–Trinajstić information content (AvgIpc) is 2.43. The molecule has 0 unspecified atom stereocenters. The average molecular weight is 261 g/mol. The molecule has 1 aromatic rings. The number of methoxy groups -OCH3 is 1. The van der Waals surface area contributed by atoms with Gasteiger partial charge in [-0.15, -0.1) is 0 Å². The molecule has 4 nitrogen and oxygen atoms in total. The van der Waals surface area contributed by atoms with Crippen molar-refractivity contribution in [3.8, 4) is 5.88 Å². The van der Waals surface area contributed by atoms with Crippen molar-refractivity contribution >= 4 is 5.69 Å². The van der Waals surface area contributed by atoms with E-state index in [1.807, 2.05) is 31.3 Å². The van der Waals surface area contributed by atoms with Gasteiger partial charge in [0.25, 0.3) is 0 Å². The lowest BCUT2D eigenvalue weighted by Gasteiger charge is -2.29. The standard InChI is InChI=1S/C15H23N3O/c1-6-13(16-7-2)11-18(12(3)4)14-8-9-15(19-5)17-10-14/h6-10,12,16H,2,11H2,1,3-5H3/b13-6-. The predicted octanol–water partition coefficient (Wildman–Crippen LogP) is 2.94. The minimum atomic E-state index is 0.372. The Morgan fingerprint density at radius 1 is 1.53 bits per heavy atom. The summed E-state index contributed by atoms with van der Waals surface area (Å²) in [4.78, 5) is 6.52. The van der Waals surface area contributed by atoms with Crippen molar-refractivity contribution < 1.29 is 4.74 Å². The monoisotopic (exact) mass is 261 g/mol. The van der Waals surface area contributed by atoms with Crippen LogP contribution in [0.3, 0.4) is 0 Å². The molecule has 0 aliphatic carbocycles. The van der Waals surface area contributed by atoms with Gasteiger partial charge in [0.15, 0.2) is 0 Å². The molecule has 0 atom stereocenters. The van der Waals surface area contributed by atoms with Crippen LogP contribution in [0, 0.1) is 0 Å². The van der Waals surface area contributed by atoms with Gasteiger partial charge in [-0.3, -0.25) is 0 Å². The van der Waals surface area contributed by atoms with Crippen molar-refractivity contribution in [1.29, 1.82) is 0 Å². The second-order valence-electron chi connectivity index (χ2n) is 4.44. The summed E-state index contributed by atoms with van der Waals surface area (Å²) in [7, 11) is 1.62. The van der Waals surface area contributed by atoms with Gasteiger partial charge in [-0.25, -0.2) is 4.98 Å². The van der Waals surface area contributed by atoms with Gasteiger partial charge < -0.3 is 15.0 Å². The number of rotatable bonds is 7. The summed E-state index contributed by atoms with van der Waals surface area (Å²) in [5, 5.41) is 3.15. The van der Waals surface area contributed by atoms with Crippen molar-refractivity contribution in [2.45, 2.75) is 26.8 Å². The molecule has 104 valence electrons. The van der Waals surface area contributed by atoms with Gasteiger partial charge in [-0.05, 0) is 33.0 Å². The number of hydrogen-bond acceptors (Lipinski definition) is 4. The van der Waals surface area contributed by atoms with Gasteiger partial charge in [0.2, 0.25) is 5.88 Å². The highest BCUT2D eigenvalue weighted by Gasteiger charge is 2.12. The number of ether oxygens (including phenoxy) is 1. The first-order valence-electron chi connectivity index (χ1n) is 6.41. The Labute approximate surface area is 115 Å². The van der Waals surface area contributed by atoms with Crippen molar-refractivity contribution in [2.24, 2.45) is 0 Å². The van der Waals surface area contributed by atoms with E-state index < -0.39 is 0 Å². The maximum Gasteiger partial charge on any atom is 0.213 e. The first-order valence-corrected chi connectivity index (χ1v) is 6.41. The molecule has 0 aliphatic heterocycles. The van der Waals surface area contributed by atoms with Crippen LogP contribution in [0.4, 0.5) is 5.69 Å². The van der Waals surface area contributed by atoms with E-state index in [4.69, 9.17) is 4.74 Å². The molecule has 4 heteroatoms. The Hall–Kier alpha value is -1.97. The summed E-state index contributed by atoms with van der Waals surface area (Å²) in [6.07, 6.45) is 5.58. The van der Waals surface area contributed by atoms with Gasteiger partial charge in [-0.2, -0.15) is 0 Å². The van der Waals surface area contributed by atoms with Crippen LogP contribution in [0.5, 0.6) is 5.88 Å². The normalized spacial score (nSPS) is 11.3. The van der Waals surface area contributed by atoms with Crippen LogP contribution in [0.15, 0.2) is 42.9 Å². The lowest BCUT2D eigenvalue weighted by molar-refractivity contribution is 0.398. The summed E-state index contributed by atoms with van der Waals surface area (Å²) in [5.41, 5.74) is 2.18. The van der Waals surface area contributed by atoms with E-state index in [1.165, 1.54) is 0 Å². The molecule has 19 heavy (non-hydrogen) atoms. The van der Waals surface area contributed by atoms with Gasteiger partial charge >= 0.3 is 0 Å². The first kappa shape index (κ1) is 15.1. The summed E-state index contributed by atoms with van der Waals surface area (Å²) in [6.45, 7) is 10.8. The molecule has 0 saturated carbocycles. The molecule has 0 fully saturated rings. The van der Waals surface area contributed by atoms with Gasteiger partial charge in [0, 0.05) is 17.8 Å². The number of allylic oxidation sites excluding steroid dienone is 1. The molecule has 1 rings (SSSR count). The van der Waals surface area contributed by atoms with Crippen LogP contribution in [0.1, 0.15) is 20.8 Å². The second-order valence-corrected chi connectivity index (χ2v) is 4.44. The smallest absolute Gasteiger partial charge is 0.213 e. The fourth-order valence-electron chi connectivity index (χ4n) is 1.77. The van der Waals surface area contributed by atoms with E-state index in [1.54, 1.807) is 13.3 Å². The molecule has 1 aromatic heterocycles. The maximum atomic E-state index is 5.08. The summed E-state index contributed by atoms with van der Waals surface area (Å²) < 4.78 is 5.08. The summed E-state index contributed by atoms with van der Waals surface area (Å²) in [6, 6.07) is 4.27. The van der Waals surface area contributed by atoms with Gasteiger partial charge in [0.05, 0.1) is 25.5 Å². The number of hydrogen-bond donors (Lipinski definition) is 1. The summed E-state index contributed by atoms with van der Waals surface area (Å²) in [5.74, 6) is 0.628. The number of aromatic nitrogens is 1. The van der Waals surface area contributed by atoms with Crippen LogP contribution < -0.4 is 15.0 Å². The lowest BCUT2D eigenvalue weighted by Crippen LogP contribution is -2.34. The maximum absolute atomic E-state index is 5.08. The first-order chi connectivity index (χ1) is 9.12. The fourth-order valence-corrected chi connectivity index (χ4v) is 1.77. The quantitative estimate of drug-likeness (QED) is 0.819.